The zero-order valence-electron chi connectivity index (χ0n) is 14.0. The molecule has 0 radical (unpaired) electrons. The molecule has 24 heavy (non-hydrogen) atoms. The first-order chi connectivity index (χ1) is 11.6. The number of hydrogen-bond acceptors (Lipinski definition) is 2. The van der Waals surface area contributed by atoms with E-state index in [0.29, 0.717) is 6.04 Å². The van der Waals surface area contributed by atoms with Crippen LogP contribution in [-0.2, 0) is 0 Å². The van der Waals surface area contributed by atoms with Crippen molar-refractivity contribution in [3.8, 4) is 17.3 Å². The van der Waals surface area contributed by atoms with Crippen LogP contribution in [0.3, 0.4) is 0 Å². The number of methoxy groups -OCH3 is 1. The van der Waals surface area contributed by atoms with Gasteiger partial charge in [0.2, 0.25) is 5.88 Å². The van der Waals surface area contributed by atoms with Gasteiger partial charge < -0.3 is 14.4 Å². The van der Waals surface area contributed by atoms with E-state index in [1.54, 1.807) is 7.11 Å². The number of hydrogen-bond donors (Lipinski definition) is 1. The summed E-state index contributed by atoms with van der Waals surface area (Å²) in [6, 6.07) is 14.5. The first-order valence-corrected chi connectivity index (χ1v) is 8.07. The van der Waals surface area contributed by atoms with Crippen molar-refractivity contribution in [2.75, 3.05) is 7.11 Å². The molecule has 0 unspecified atom stereocenters. The monoisotopic (exact) mass is 320 g/mol. The lowest BCUT2D eigenvalue weighted by atomic mass is 10.2. The van der Waals surface area contributed by atoms with Crippen LogP contribution in [0.2, 0.25) is 0 Å². The Kier molecular flexibility index (Phi) is 3.27. The van der Waals surface area contributed by atoms with E-state index in [9.17, 15) is 5.11 Å². The molecule has 0 atom stereocenters. The second kappa shape index (κ2) is 5.34. The first kappa shape index (κ1) is 14.7. The minimum Gasteiger partial charge on any atom is -0.497 e. The van der Waals surface area contributed by atoms with Crippen LogP contribution in [0.4, 0.5) is 0 Å². The van der Waals surface area contributed by atoms with Gasteiger partial charge in [0.1, 0.15) is 5.75 Å². The zero-order chi connectivity index (χ0) is 16.8. The summed E-state index contributed by atoms with van der Waals surface area (Å²) in [5.41, 5.74) is 2.14. The molecule has 0 aliphatic carbocycles. The van der Waals surface area contributed by atoms with E-state index in [4.69, 9.17) is 4.74 Å². The fourth-order valence-corrected chi connectivity index (χ4v) is 3.25. The van der Waals surface area contributed by atoms with Gasteiger partial charge in [0, 0.05) is 45.8 Å². The summed E-state index contributed by atoms with van der Waals surface area (Å²) < 4.78 is 9.31. The summed E-state index contributed by atoms with van der Waals surface area (Å²) in [5, 5.41) is 13.6. The molecule has 4 heteroatoms. The van der Waals surface area contributed by atoms with Crippen LogP contribution < -0.4 is 4.74 Å². The Morgan fingerprint density at radius 1 is 1.00 bits per heavy atom. The summed E-state index contributed by atoms with van der Waals surface area (Å²) in [5.74, 6) is 0.964. The van der Waals surface area contributed by atoms with Crippen LogP contribution in [0.1, 0.15) is 19.9 Å². The number of nitrogens with zero attached hydrogens (tertiary/aromatic N) is 2. The predicted octanol–water partition coefficient (Wildman–Crippen LogP) is 4.88. The molecule has 0 bridgehead atoms. The lowest BCUT2D eigenvalue weighted by Crippen LogP contribution is -1.98. The quantitative estimate of drug-likeness (QED) is 0.584. The molecule has 0 aliphatic heterocycles. The minimum atomic E-state index is 0.228. The second-order valence-electron chi connectivity index (χ2n) is 6.34. The average molecular weight is 320 g/mol. The Balaban J connectivity index is 1.88. The molecular weight excluding hydrogens is 300 g/mol. The molecule has 0 spiro atoms. The molecule has 2 aromatic carbocycles. The third-order valence-electron chi connectivity index (χ3n) is 4.54. The van der Waals surface area contributed by atoms with Gasteiger partial charge in [0.25, 0.3) is 0 Å². The number of aromatic hydroxyl groups is 1. The third-order valence-corrected chi connectivity index (χ3v) is 4.54. The van der Waals surface area contributed by atoms with E-state index < -0.39 is 0 Å². The van der Waals surface area contributed by atoms with Crippen LogP contribution in [0.15, 0.2) is 54.9 Å². The fraction of sp³-hybridized carbons (Fsp3) is 0.200. The SMILES string of the molecule is COc1ccc2cn(-c3ccc4c(ccn4C(C)C)c3)c(O)c2c1. The highest BCUT2D eigenvalue weighted by molar-refractivity contribution is 5.90. The molecule has 0 saturated heterocycles. The minimum absolute atomic E-state index is 0.228. The van der Waals surface area contributed by atoms with Crippen molar-refractivity contribution in [3.05, 3.63) is 54.9 Å². The summed E-state index contributed by atoms with van der Waals surface area (Å²) in [4.78, 5) is 0. The zero-order valence-corrected chi connectivity index (χ0v) is 14.0. The topological polar surface area (TPSA) is 39.3 Å². The summed E-state index contributed by atoms with van der Waals surface area (Å²) >= 11 is 0. The normalized spacial score (nSPS) is 11.7. The van der Waals surface area contributed by atoms with Crippen molar-refractivity contribution >= 4 is 21.7 Å². The summed E-state index contributed by atoms with van der Waals surface area (Å²) in [6.07, 6.45) is 4.06. The van der Waals surface area contributed by atoms with Gasteiger partial charge in [-0.15, -0.1) is 0 Å². The van der Waals surface area contributed by atoms with E-state index in [2.05, 4.69) is 42.8 Å². The van der Waals surface area contributed by atoms with E-state index >= 15 is 0 Å². The Morgan fingerprint density at radius 3 is 2.58 bits per heavy atom. The van der Waals surface area contributed by atoms with E-state index in [-0.39, 0.29) is 5.88 Å². The molecule has 0 fully saturated rings. The molecule has 4 nitrogen and oxygen atoms in total. The highest BCUT2D eigenvalue weighted by Crippen LogP contribution is 2.33. The molecule has 122 valence electrons. The van der Waals surface area contributed by atoms with Gasteiger partial charge in [-0.2, -0.15) is 0 Å². The molecular formula is C20H20N2O2. The van der Waals surface area contributed by atoms with Gasteiger partial charge in [0.05, 0.1) is 7.11 Å². The fourth-order valence-electron chi connectivity index (χ4n) is 3.25. The smallest absolute Gasteiger partial charge is 0.203 e. The van der Waals surface area contributed by atoms with Crippen LogP contribution in [-0.4, -0.2) is 21.4 Å². The average Bonchev–Trinajstić information content (AvgIpc) is 3.15. The Bertz CT molecular complexity index is 1040. The number of aromatic nitrogens is 2. The highest BCUT2D eigenvalue weighted by atomic mass is 16.5. The maximum Gasteiger partial charge on any atom is 0.203 e. The maximum absolute atomic E-state index is 10.6. The maximum atomic E-state index is 10.6. The van der Waals surface area contributed by atoms with Crippen LogP contribution in [0.5, 0.6) is 11.6 Å². The van der Waals surface area contributed by atoms with Crippen molar-refractivity contribution < 1.29 is 9.84 Å². The summed E-state index contributed by atoms with van der Waals surface area (Å²) in [7, 11) is 1.63. The lowest BCUT2D eigenvalue weighted by Gasteiger charge is -2.10. The predicted molar refractivity (Wildman–Crippen MR) is 97.4 cm³/mol. The lowest BCUT2D eigenvalue weighted by molar-refractivity contribution is 0.414. The van der Waals surface area contributed by atoms with Gasteiger partial charge in [0.15, 0.2) is 0 Å². The summed E-state index contributed by atoms with van der Waals surface area (Å²) in [6.45, 7) is 4.34. The van der Waals surface area contributed by atoms with Gasteiger partial charge in [-0.1, -0.05) is 0 Å². The van der Waals surface area contributed by atoms with E-state index in [0.717, 1.165) is 27.6 Å². The number of fused-ring (bicyclic) bond motifs is 2. The van der Waals surface area contributed by atoms with E-state index in [1.807, 2.05) is 35.0 Å². The number of ether oxygens (including phenoxy) is 1. The molecule has 4 aromatic rings. The molecule has 2 aromatic heterocycles. The van der Waals surface area contributed by atoms with Crippen molar-refractivity contribution in [1.29, 1.82) is 0 Å². The number of benzene rings is 2. The van der Waals surface area contributed by atoms with Crippen LogP contribution in [0, 0.1) is 0 Å². The van der Waals surface area contributed by atoms with Crippen LogP contribution >= 0.6 is 0 Å². The van der Waals surface area contributed by atoms with Crippen molar-refractivity contribution in [2.24, 2.45) is 0 Å². The first-order valence-electron chi connectivity index (χ1n) is 8.07. The Morgan fingerprint density at radius 2 is 1.83 bits per heavy atom. The largest absolute Gasteiger partial charge is 0.497 e. The van der Waals surface area contributed by atoms with Gasteiger partial charge in [-0.05, 0) is 56.3 Å². The third kappa shape index (κ3) is 2.14. The van der Waals surface area contributed by atoms with Crippen molar-refractivity contribution in [1.82, 2.24) is 9.13 Å². The Labute approximate surface area is 140 Å². The molecule has 1 N–H and O–H groups in total. The van der Waals surface area contributed by atoms with Crippen LogP contribution in [0.25, 0.3) is 27.4 Å². The highest BCUT2D eigenvalue weighted by Gasteiger charge is 2.12. The van der Waals surface area contributed by atoms with Gasteiger partial charge in [-0.3, -0.25) is 4.57 Å². The Hall–Kier alpha value is -2.88. The van der Waals surface area contributed by atoms with Crippen molar-refractivity contribution in [2.45, 2.75) is 19.9 Å². The molecule has 0 amide bonds. The van der Waals surface area contributed by atoms with E-state index in [1.165, 1.54) is 5.52 Å². The van der Waals surface area contributed by atoms with Gasteiger partial charge in [-0.25, -0.2) is 0 Å². The molecule has 2 heterocycles. The number of rotatable bonds is 3. The second-order valence-corrected chi connectivity index (χ2v) is 6.34. The molecule has 4 rings (SSSR count). The van der Waals surface area contributed by atoms with Gasteiger partial charge >= 0.3 is 0 Å². The standard InChI is InChI=1S/C20H20N2O2/c1-13(2)21-9-8-14-10-16(5-7-19(14)21)22-12-15-4-6-17(24-3)11-18(15)20(22)23/h4-13,23H,1-3H3. The molecule has 0 saturated carbocycles. The molecule has 0 aliphatic rings. The van der Waals surface area contributed by atoms with Crippen molar-refractivity contribution in [3.63, 3.8) is 0 Å².